The second-order valence-corrected chi connectivity index (χ2v) is 16.7. The van der Waals surface area contributed by atoms with Gasteiger partial charge in [0.2, 0.25) is 47.3 Å². The van der Waals surface area contributed by atoms with Crippen LogP contribution in [0, 0.1) is 0 Å². The van der Waals surface area contributed by atoms with Crippen LogP contribution in [0.15, 0.2) is 0 Å². The van der Waals surface area contributed by atoms with Gasteiger partial charge in [-0.05, 0) is 46.5 Å². The Morgan fingerprint density at radius 3 is 1.81 bits per heavy atom. The summed E-state index contributed by atoms with van der Waals surface area (Å²) in [5, 5.41) is 87.7. The lowest BCUT2D eigenvalue weighted by Crippen LogP contribution is -2.70. The first kappa shape index (κ1) is 60.4. The highest BCUT2D eigenvalue weighted by Crippen LogP contribution is 2.31. The van der Waals surface area contributed by atoms with Crippen LogP contribution in [0.1, 0.15) is 73.1 Å². The van der Waals surface area contributed by atoms with Crippen molar-refractivity contribution in [2.75, 3.05) is 19.8 Å². The van der Waals surface area contributed by atoms with Crippen LogP contribution < -0.4 is 48.7 Å². The van der Waals surface area contributed by atoms with E-state index in [1.807, 2.05) is 0 Å². The monoisotopic (exact) mass is 1010 g/mol. The van der Waals surface area contributed by atoms with Crippen LogP contribution in [0.25, 0.3) is 0 Å². The molecule has 18 N–H and O–H groups in total. The standard InChI is InChI=1S/C40H67N9O21/c1-15(34(59)49-22(38(64)65)9-10-25(54)48-21(36(61)45-16(2)37(62)63)8-6-7-11-43-26(55)12-20(41)33(42)58)44-35(60)17(3)67-32-28(47-19(5)53)39(66)68-24(14-51)31(32)70-40-27(46-18(4)52)30(57)29(56)23(13-50)69-40/h15-17,20-24,27-32,39-40,50-51,56-57,66H,6-14,41H2,1-5H3,(H2,42,58)(H,43,55)(H,44,60)(H,45,61)(H,46,52)(H,47,53)(H,48,54)(H,49,59)(H,62,63)(H,64,65). The van der Waals surface area contributed by atoms with Gasteiger partial charge in [0.25, 0.3) is 0 Å². The van der Waals surface area contributed by atoms with E-state index in [9.17, 15) is 83.7 Å². The maximum atomic E-state index is 13.5. The second-order valence-electron chi connectivity index (χ2n) is 16.7. The summed E-state index contributed by atoms with van der Waals surface area (Å²) in [7, 11) is 0. The number of carbonyl (C=O) groups excluding carboxylic acids is 8. The first-order valence-electron chi connectivity index (χ1n) is 22.1. The quantitative estimate of drug-likeness (QED) is 0.0324. The molecular formula is C40H67N9O21. The highest BCUT2D eigenvalue weighted by Gasteiger charge is 2.53. The smallest absolute Gasteiger partial charge is 0.326 e. The average Bonchev–Trinajstić information content (AvgIpc) is 3.27. The van der Waals surface area contributed by atoms with Crippen LogP contribution in [-0.2, 0) is 66.9 Å². The number of hydrogen-bond donors (Lipinski definition) is 16. The first-order valence-corrected chi connectivity index (χ1v) is 22.1. The van der Waals surface area contributed by atoms with Crippen molar-refractivity contribution < 1.29 is 103 Å². The van der Waals surface area contributed by atoms with Crippen LogP contribution in [0.3, 0.4) is 0 Å². The number of aliphatic hydroxyl groups excluding tert-OH is 5. The predicted octanol–water partition coefficient (Wildman–Crippen LogP) is -8.28. The van der Waals surface area contributed by atoms with Crippen molar-refractivity contribution >= 4 is 59.2 Å². The summed E-state index contributed by atoms with van der Waals surface area (Å²) >= 11 is 0. The van der Waals surface area contributed by atoms with Crippen molar-refractivity contribution in [3.05, 3.63) is 0 Å². The van der Waals surface area contributed by atoms with Crippen molar-refractivity contribution in [2.24, 2.45) is 11.5 Å². The molecule has 0 aromatic carbocycles. The molecule has 2 aliphatic rings. The lowest BCUT2D eigenvalue weighted by Gasteiger charge is -2.48. The zero-order chi connectivity index (χ0) is 53.2. The zero-order valence-electron chi connectivity index (χ0n) is 39.1. The number of carboxylic acid groups (broad SMARTS) is 2. The Morgan fingerprint density at radius 1 is 0.657 bits per heavy atom. The number of nitrogens with two attached hydrogens (primary N) is 2. The third-order valence-corrected chi connectivity index (χ3v) is 10.9. The lowest BCUT2D eigenvalue weighted by molar-refractivity contribution is -0.333. The molecule has 0 aromatic rings. The molecule has 30 nitrogen and oxygen atoms in total. The van der Waals surface area contributed by atoms with Gasteiger partial charge in [0, 0.05) is 26.8 Å². The van der Waals surface area contributed by atoms with E-state index < -0.39 is 183 Å². The largest absolute Gasteiger partial charge is 0.480 e. The van der Waals surface area contributed by atoms with Gasteiger partial charge in [-0.25, -0.2) is 4.79 Å². The number of primary amides is 1. The topological polar surface area (TPSA) is 485 Å². The van der Waals surface area contributed by atoms with Gasteiger partial charge in [-0.2, -0.15) is 0 Å². The normalized spacial score (nSPS) is 26.8. The molecule has 16 unspecified atom stereocenters. The van der Waals surface area contributed by atoms with Gasteiger partial charge in [0.15, 0.2) is 12.6 Å². The minimum atomic E-state index is -1.91. The SMILES string of the molecule is CC(=O)NC1C(OC2C(CO)OC(O)C(NC(C)=O)C2OC(C)C(=O)NC(C)C(=O)NC(CCC(=O)NC(CCCCNC(=O)CC(N)C(N)=O)C(=O)NC(C)C(=O)O)C(=O)O)OC(CO)C(O)C1O. The summed E-state index contributed by atoms with van der Waals surface area (Å²) in [5.41, 5.74) is 10.5. The molecule has 70 heavy (non-hydrogen) atoms. The summed E-state index contributed by atoms with van der Waals surface area (Å²) in [4.78, 5) is 124. The molecule has 8 amide bonds. The van der Waals surface area contributed by atoms with Crippen LogP contribution in [0.2, 0.25) is 0 Å². The Labute approximate surface area is 400 Å². The summed E-state index contributed by atoms with van der Waals surface area (Å²) < 4.78 is 23.1. The molecular weight excluding hydrogens is 942 g/mol. The highest BCUT2D eigenvalue weighted by molar-refractivity contribution is 5.92. The van der Waals surface area contributed by atoms with Gasteiger partial charge in [-0.1, -0.05) is 0 Å². The third-order valence-electron chi connectivity index (χ3n) is 10.9. The third kappa shape index (κ3) is 18.9. The molecule has 2 heterocycles. The molecule has 2 rings (SSSR count). The molecule has 0 aromatic heterocycles. The molecule has 30 heteroatoms. The molecule has 0 saturated carbocycles. The Balaban J connectivity index is 2.16. The minimum absolute atomic E-state index is 0.0636. The van der Waals surface area contributed by atoms with E-state index in [0.717, 1.165) is 13.8 Å². The van der Waals surface area contributed by atoms with E-state index >= 15 is 0 Å². The maximum absolute atomic E-state index is 13.5. The Hall–Kier alpha value is -5.70. The number of nitrogens with one attached hydrogen (secondary N) is 7. The van der Waals surface area contributed by atoms with Crippen LogP contribution in [0.5, 0.6) is 0 Å². The first-order chi connectivity index (χ1) is 32.7. The van der Waals surface area contributed by atoms with Crippen molar-refractivity contribution in [2.45, 2.75) is 171 Å². The van der Waals surface area contributed by atoms with Crippen molar-refractivity contribution in [1.29, 1.82) is 0 Å². The average molecular weight is 1010 g/mol. The number of hydrogen-bond acceptors (Lipinski definition) is 20. The zero-order valence-corrected chi connectivity index (χ0v) is 39.1. The Kier molecular flexibility index (Phi) is 24.9. The van der Waals surface area contributed by atoms with E-state index in [4.69, 9.17) is 30.4 Å². The van der Waals surface area contributed by atoms with Gasteiger partial charge in [0.1, 0.15) is 79.0 Å². The number of carbonyl (C=O) groups is 10. The Morgan fingerprint density at radius 2 is 1.26 bits per heavy atom. The van der Waals surface area contributed by atoms with E-state index in [2.05, 4.69) is 37.2 Å². The van der Waals surface area contributed by atoms with Crippen molar-refractivity contribution in [3.63, 3.8) is 0 Å². The molecule has 398 valence electrons. The van der Waals surface area contributed by atoms with Gasteiger partial charge >= 0.3 is 11.9 Å². The number of amides is 8. The van der Waals surface area contributed by atoms with Gasteiger partial charge in [-0.3, -0.25) is 43.2 Å². The molecule has 2 saturated heterocycles. The van der Waals surface area contributed by atoms with Gasteiger partial charge in [-0.15, -0.1) is 0 Å². The van der Waals surface area contributed by atoms with Gasteiger partial charge < -0.3 is 103 Å². The molecule has 2 fully saturated rings. The fourth-order valence-electron chi connectivity index (χ4n) is 7.03. The lowest BCUT2D eigenvalue weighted by atomic mass is 9.94. The van der Waals surface area contributed by atoms with Crippen molar-refractivity contribution in [1.82, 2.24) is 37.2 Å². The van der Waals surface area contributed by atoms with E-state index in [-0.39, 0.29) is 32.2 Å². The fourth-order valence-corrected chi connectivity index (χ4v) is 7.03. The number of unbranched alkanes of at least 4 members (excludes halogenated alkanes) is 1. The van der Waals surface area contributed by atoms with E-state index in [0.29, 0.717) is 0 Å². The van der Waals surface area contributed by atoms with Crippen LogP contribution >= 0.6 is 0 Å². The number of aliphatic carboxylic acids is 2. The highest BCUT2D eigenvalue weighted by atomic mass is 16.7. The molecule has 2 aliphatic heterocycles. The Bertz CT molecular complexity index is 1850. The fraction of sp³-hybridized carbons (Fsp3) is 0.750. The number of aliphatic hydroxyl groups is 5. The van der Waals surface area contributed by atoms with Crippen molar-refractivity contribution in [3.8, 4) is 0 Å². The number of ether oxygens (including phenoxy) is 4. The maximum Gasteiger partial charge on any atom is 0.326 e. The summed E-state index contributed by atoms with van der Waals surface area (Å²) in [5.74, 6) is -9.71. The molecule has 0 radical (unpaired) electrons. The van der Waals surface area contributed by atoms with E-state index in [1.165, 1.54) is 20.8 Å². The van der Waals surface area contributed by atoms with Crippen LogP contribution in [0.4, 0.5) is 0 Å². The molecule has 0 aliphatic carbocycles. The number of carboxylic acids is 2. The molecule has 16 atom stereocenters. The predicted molar refractivity (Wildman–Crippen MR) is 232 cm³/mol. The summed E-state index contributed by atoms with van der Waals surface area (Å²) in [6.07, 6.45) is -16.1. The van der Waals surface area contributed by atoms with Crippen LogP contribution in [-0.4, -0.2) is 212 Å². The van der Waals surface area contributed by atoms with Gasteiger partial charge in [0.05, 0.1) is 25.7 Å². The summed E-state index contributed by atoms with van der Waals surface area (Å²) in [6, 6.07) is -10.2. The molecule has 0 spiro atoms. The summed E-state index contributed by atoms with van der Waals surface area (Å²) in [6.45, 7) is 4.01. The molecule has 0 bridgehead atoms. The second kappa shape index (κ2) is 28.8. The van der Waals surface area contributed by atoms with E-state index in [1.54, 1.807) is 0 Å². The number of rotatable bonds is 28. The minimum Gasteiger partial charge on any atom is -0.480 e.